The van der Waals surface area contributed by atoms with Crippen LogP contribution in [0.2, 0.25) is 0 Å². The van der Waals surface area contributed by atoms with E-state index in [9.17, 15) is 4.79 Å². The van der Waals surface area contributed by atoms with Crippen molar-refractivity contribution in [1.82, 2.24) is 4.98 Å². The van der Waals surface area contributed by atoms with Crippen LogP contribution in [-0.2, 0) is 4.79 Å². The summed E-state index contributed by atoms with van der Waals surface area (Å²) in [5.74, 6) is 0.237. The van der Waals surface area contributed by atoms with E-state index in [4.69, 9.17) is 10.00 Å². The molecule has 6 heteroatoms. The molecular formula is C8H4BrN3O2. The number of anilines is 1. The van der Waals surface area contributed by atoms with Crippen molar-refractivity contribution in [2.75, 3.05) is 5.32 Å². The van der Waals surface area contributed by atoms with Gasteiger partial charge in [-0.2, -0.15) is 5.26 Å². The first-order valence-electron chi connectivity index (χ1n) is 3.74. The molecule has 1 N–H and O–H groups in total. The van der Waals surface area contributed by atoms with Gasteiger partial charge in [-0.05, 0) is 28.1 Å². The number of amides is 1. The fourth-order valence-corrected chi connectivity index (χ4v) is 1.36. The molecule has 0 aromatic carbocycles. The van der Waals surface area contributed by atoms with Gasteiger partial charge < -0.3 is 10.1 Å². The van der Waals surface area contributed by atoms with Crippen LogP contribution in [0.5, 0.6) is 5.75 Å². The molecule has 5 nitrogen and oxygen atoms in total. The Balaban J connectivity index is 2.41. The molecule has 1 atom stereocenters. The second-order valence-electron chi connectivity index (χ2n) is 2.60. The molecule has 2 rings (SSSR count). The Labute approximate surface area is 87.8 Å². The van der Waals surface area contributed by atoms with E-state index in [1.54, 1.807) is 18.2 Å². The molecule has 1 aliphatic rings. The monoisotopic (exact) mass is 253 g/mol. The lowest BCUT2D eigenvalue weighted by Crippen LogP contribution is -2.36. The molecule has 1 unspecified atom stereocenters. The van der Waals surface area contributed by atoms with Crippen LogP contribution in [0.1, 0.15) is 0 Å². The standard InChI is InChI=1S/C8H4BrN3O2/c9-6-2-1-4-7(11-6)12-8(13)5(3-10)14-4/h1-2,5H,(H,11,12,13). The lowest BCUT2D eigenvalue weighted by atomic mass is 10.3. The number of nitriles is 1. The maximum absolute atomic E-state index is 11.2. The van der Waals surface area contributed by atoms with Gasteiger partial charge in [0.05, 0.1) is 0 Å². The molecular weight excluding hydrogens is 250 g/mol. The van der Waals surface area contributed by atoms with Crippen molar-refractivity contribution < 1.29 is 9.53 Å². The summed E-state index contributed by atoms with van der Waals surface area (Å²) in [7, 11) is 0. The van der Waals surface area contributed by atoms with Crippen LogP contribution < -0.4 is 10.1 Å². The summed E-state index contributed by atoms with van der Waals surface area (Å²) in [6.07, 6.45) is -1.09. The number of nitrogens with one attached hydrogen (secondary N) is 1. The van der Waals surface area contributed by atoms with E-state index >= 15 is 0 Å². The van der Waals surface area contributed by atoms with Crippen molar-refractivity contribution in [2.24, 2.45) is 0 Å². The number of carbonyl (C=O) groups is 1. The minimum absolute atomic E-state index is 0.330. The summed E-state index contributed by atoms with van der Waals surface area (Å²) in [6, 6.07) is 5.04. The van der Waals surface area contributed by atoms with E-state index in [2.05, 4.69) is 26.2 Å². The average molecular weight is 254 g/mol. The van der Waals surface area contributed by atoms with Crippen LogP contribution in [0.15, 0.2) is 16.7 Å². The fraction of sp³-hybridized carbons (Fsp3) is 0.125. The average Bonchev–Trinajstić information content (AvgIpc) is 2.16. The van der Waals surface area contributed by atoms with E-state index in [0.29, 0.717) is 16.2 Å². The Morgan fingerprint density at radius 1 is 1.64 bits per heavy atom. The van der Waals surface area contributed by atoms with Crippen molar-refractivity contribution in [1.29, 1.82) is 5.26 Å². The number of carbonyl (C=O) groups excluding carboxylic acids is 1. The molecule has 14 heavy (non-hydrogen) atoms. The number of nitrogens with zero attached hydrogens (tertiary/aromatic N) is 2. The second-order valence-corrected chi connectivity index (χ2v) is 3.41. The van der Waals surface area contributed by atoms with Crippen LogP contribution in [-0.4, -0.2) is 17.0 Å². The second kappa shape index (κ2) is 3.27. The van der Waals surface area contributed by atoms with Gasteiger partial charge >= 0.3 is 0 Å². The van der Waals surface area contributed by atoms with Crippen molar-refractivity contribution in [2.45, 2.75) is 6.10 Å². The van der Waals surface area contributed by atoms with Gasteiger partial charge in [0.1, 0.15) is 10.7 Å². The molecule has 0 bridgehead atoms. The van der Waals surface area contributed by atoms with E-state index in [1.807, 2.05) is 0 Å². The molecule has 1 amide bonds. The number of rotatable bonds is 0. The van der Waals surface area contributed by atoms with E-state index in [-0.39, 0.29) is 0 Å². The Bertz CT molecular complexity index is 441. The van der Waals surface area contributed by atoms with Gasteiger partial charge in [-0.15, -0.1) is 0 Å². The highest BCUT2D eigenvalue weighted by Crippen LogP contribution is 2.28. The molecule has 0 aliphatic carbocycles. The third-order valence-electron chi connectivity index (χ3n) is 1.67. The zero-order chi connectivity index (χ0) is 10.1. The van der Waals surface area contributed by atoms with Crippen molar-refractivity contribution in [3.63, 3.8) is 0 Å². The zero-order valence-corrected chi connectivity index (χ0v) is 8.41. The number of halogens is 1. The van der Waals surface area contributed by atoms with Gasteiger partial charge in [0.2, 0.25) is 0 Å². The zero-order valence-electron chi connectivity index (χ0n) is 6.82. The number of aromatic nitrogens is 1. The molecule has 1 aromatic rings. The quantitative estimate of drug-likeness (QED) is 0.702. The van der Waals surface area contributed by atoms with Gasteiger partial charge in [0.25, 0.3) is 12.0 Å². The van der Waals surface area contributed by atoms with Crippen LogP contribution in [0, 0.1) is 11.3 Å². The van der Waals surface area contributed by atoms with Crippen LogP contribution in [0.4, 0.5) is 5.82 Å². The SMILES string of the molecule is N#CC1Oc2ccc(Br)nc2NC1=O. The normalized spacial score (nSPS) is 18.9. The first kappa shape index (κ1) is 8.97. The number of hydrogen-bond donors (Lipinski definition) is 1. The minimum atomic E-state index is -1.09. The van der Waals surface area contributed by atoms with Gasteiger partial charge in [-0.3, -0.25) is 4.79 Å². The molecule has 2 heterocycles. The van der Waals surface area contributed by atoms with Gasteiger partial charge in [-0.1, -0.05) is 0 Å². The van der Waals surface area contributed by atoms with Crippen molar-refractivity contribution in [3.8, 4) is 11.8 Å². The summed E-state index contributed by atoms with van der Waals surface area (Å²) in [5, 5.41) is 11.1. The topological polar surface area (TPSA) is 75.0 Å². The third-order valence-corrected chi connectivity index (χ3v) is 2.11. The van der Waals surface area contributed by atoms with E-state index in [1.165, 1.54) is 0 Å². The van der Waals surface area contributed by atoms with Crippen LogP contribution in [0.3, 0.4) is 0 Å². The molecule has 1 aliphatic heterocycles. The van der Waals surface area contributed by atoms with E-state index in [0.717, 1.165) is 0 Å². The molecule has 70 valence electrons. The largest absolute Gasteiger partial charge is 0.462 e. The Morgan fingerprint density at radius 3 is 3.14 bits per heavy atom. The highest BCUT2D eigenvalue weighted by Gasteiger charge is 2.28. The predicted octanol–water partition coefficient (Wildman–Crippen LogP) is 1.07. The van der Waals surface area contributed by atoms with Gasteiger partial charge in [0.15, 0.2) is 11.6 Å². The highest BCUT2D eigenvalue weighted by molar-refractivity contribution is 9.10. The maximum atomic E-state index is 11.2. The summed E-state index contributed by atoms with van der Waals surface area (Å²) in [6.45, 7) is 0. The minimum Gasteiger partial charge on any atom is -0.462 e. The van der Waals surface area contributed by atoms with Gasteiger partial charge in [-0.25, -0.2) is 4.98 Å². The first-order valence-corrected chi connectivity index (χ1v) is 4.53. The molecule has 1 aromatic heterocycles. The Morgan fingerprint density at radius 2 is 2.43 bits per heavy atom. The molecule has 0 radical (unpaired) electrons. The smallest absolute Gasteiger partial charge is 0.281 e. The Hall–Kier alpha value is -1.61. The van der Waals surface area contributed by atoms with Crippen molar-refractivity contribution in [3.05, 3.63) is 16.7 Å². The third kappa shape index (κ3) is 1.42. The summed E-state index contributed by atoms with van der Waals surface area (Å²) < 4.78 is 5.68. The van der Waals surface area contributed by atoms with Crippen molar-refractivity contribution >= 4 is 27.7 Å². The lowest BCUT2D eigenvalue weighted by molar-refractivity contribution is -0.121. The lowest BCUT2D eigenvalue weighted by Gasteiger charge is -2.20. The molecule has 0 saturated carbocycles. The summed E-state index contributed by atoms with van der Waals surface area (Å²) in [5.41, 5.74) is 0. The Kier molecular flexibility index (Phi) is 2.09. The molecule has 0 saturated heterocycles. The van der Waals surface area contributed by atoms with Gasteiger partial charge in [0, 0.05) is 0 Å². The number of pyridine rings is 1. The number of ether oxygens (including phenoxy) is 1. The highest BCUT2D eigenvalue weighted by atomic mass is 79.9. The van der Waals surface area contributed by atoms with E-state index < -0.39 is 12.0 Å². The summed E-state index contributed by atoms with van der Waals surface area (Å²) >= 11 is 3.16. The first-order chi connectivity index (χ1) is 6.70. The van der Waals surface area contributed by atoms with Crippen LogP contribution in [0.25, 0.3) is 0 Å². The number of fused-ring (bicyclic) bond motifs is 1. The molecule has 0 fully saturated rings. The summed E-state index contributed by atoms with van der Waals surface area (Å²) in [4.78, 5) is 15.2. The van der Waals surface area contributed by atoms with Crippen LogP contribution >= 0.6 is 15.9 Å². The molecule has 0 spiro atoms. The predicted molar refractivity (Wildman–Crippen MR) is 50.6 cm³/mol. The maximum Gasteiger partial charge on any atom is 0.281 e. The fourth-order valence-electron chi connectivity index (χ4n) is 1.05. The number of hydrogen-bond acceptors (Lipinski definition) is 4.